The molecule has 2 aliphatic heterocycles. The first-order valence-electron chi connectivity index (χ1n) is 10.7. The molecule has 0 atom stereocenters. The molecule has 2 fully saturated rings. The summed E-state index contributed by atoms with van der Waals surface area (Å²) in [6.45, 7) is 15.6. The van der Waals surface area contributed by atoms with Crippen LogP contribution in [0.1, 0.15) is 20.3 Å². The van der Waals surface area contributed by atoms with Crippen molar-refractivity contribution in [2.75, 3.05) is 92.8 Å². The van der Waals surface area contributed by atoms with E-state index in [1.165, 1.54) is 0 Å². The lowest BCUT2D eigenvalue weighted by Crippen LogP contribution is -2.53. The Hall–Kier alpha value is -0.650. The number of carbonyl (C=O) groups excluding carboxylic acids is 1. The third-order valence-electron chi connectivity index (χ3n) is 5.20. The van der Waals surface area contributed by atoms with Gasteiger partial charge in [-0.15, -0.1) is 24.0 Å². The van der Waals surface area contributed by atoms with Crippen molar-refractivity contribution in [3.05, 3.63) is 0 Å². The zero-order chi connectivity index (χ0) is 20.4. The fraction of sp³-hybridized carbons (Fsp3) is 0.900. The molecular formula is C20H41IN6O2. The number of hydrogen-bond acceptors (Lipinski definition) is 5. The first-order valence-corrected chi connectivity index (χ1v) is 10.7. The van der Waals surface area contributed by atoms with Crippen molar-refractivity contribution in [3.63, 3.8) is 0 Å². The lowest BCUT2D eigenvalue weighted by atomic mass is 10.2. The summed E-state index contributed by atoms with van der Waals surface area (Å²) in [5, 5.41) is 3.51. The van der Waals surface area contributed by atoms with Crippen LogP contribution in [0.15, 0.2) is 4.99 Å². The van der Waals surface area contributed by atoms with E-state index < -0.39 is 0 Å². The molecule has 0 aromatic rings. The van der Waals surface area contributed by atoms with Crippen LogP contribution in [0, 0.1) is 5.92 Å². The summed E-state index contributed by atoms with van der Waals surface area (Å²) in [4.78, 5) is 25.5. The van der Waals surface area contributed by atoms with Crippen LogP contribution >= 0.6 is 24.0 Å². The molecule has 9 heteroatoms. The smallest absolute Gasteiger partial charge is 0.243 e. The second kappa shape index (κ2) is 14.4. The summed E-state index contributed by atoms with van der Waals surface area (Å²) < 4.78 is 5.41. The average molecular weight is 524 g/mol. The molecule has 170 valence electrons. The van der Waals surface area contributed by atoms with Crippen LogP contribution in [0.5, 0.6) is 0 Å². The molecule has 1 N–H and O–H groups in total. The van der Waals surface area contributed by atoms with Gasteiger partial charge in [0.2, 0.25) is 5.91 Å². The number of hydrogen-bond donors (Lipinski definition) is 1. The minimum Gasteiger partial charge on any atom is -0.379 e. The van der Waals surface area contributed by atoms with Crippen molar-refractivity contribution in [1.82, 2.24) is 24.9 Å². The van der Waals surface area contributed by atoms with Crippen molar-refractivity contribution >= 4 is 35.8 Å². The summed E-state index contributed by atoms with van der Waals surface area (Å²) in [5.41, 5.74) is 0. The topological polar surface area (TPSA) is 63.7 Å². The van der Waals surface area contributed by atoms with Crippen molar-refractivity contribution in [3.8, 4) is 0 Å². The van der Waals surface area contributed by atoms with Crippen LogP contribution in [-0.2, 0) is 9.53 Å². The third-order valence-corrected chi connectivity index (χ3v) is 5.20. The lowest BCUT2D eigenvalue weighted by Gasteiger charge is -2.37. The molecular weight excluding hydrogens is 483 g/mol. The van der Waals surface area contributed by atoms with Gasteiger partial charge in [0.25, 0.3) is 0 Å². The highest BCUT2D eigenvalue weighted by atomic mass is 127. The summed E-state index contributed by atoms with van der Waals surface area (Å²) in [7, 11) is 3.55. The SMILES string of the molecule is CC(C)CN1CCN(C(=NCC(=O)N(C)C)NCCCN2CCOCC2)CC1.I. The van der Waals surface area contributed by atoms with Gasteiger partial charge in [0, 0.05) is 66.5 Å². The third kappa shape index (κ3) is 10.3. The Bertz CT molecular complexity index is 489. The highest BCUT2D eigenvalue weighted by Gasteiger charge is 2.20. The first kappa shape index (κ1) is 26.4. The predicted octanol–water partition coefficient (Wildman–Crippen LogP) is 0.634. The largest absolute Gasteiger partial charge is 0.379 e. The quantitative estimate of drug-likeness (QED) is 0.218. The second-order valence-electron chi connectivity index (χ2n) is 8.34. The number of amides is 1. The number of rotatable bonds is 8. The molecule has 0 aromatic heterocycles. The van der Waals surface area contributed by atoms with Gasteiger partial charge < -0.3 is 19.9 Å². The van der Waals surface area contributed by atoms with Gasteiger partial charge in [-0.1, -0.05) is 13.8 Å². The van der Waals surface area contributed by atoms with Crippen molar-refractivity contribution in [2.24, 2.45) is 10.9 Å². The van der Waals surface area contributed by atoms with E-state index in [0.29, 0.717) is 5.92 Å². The monoisotopic (exact) mass is 524 g/mol. The maximum Gasteiger partial charge on any atom is 0.243 e. The molecule has 0 radical (unpaired) electrons. The van der Waals surface area contributed by atoms with Gasteiger partial charge in [-0.05, 0) is 18.9 Å². The number of nitrogens with one attached hydrogen (secondary N) is 1. The van der Waals surface area contributed by atoms with Crippen LogP contribution in [0.25, 0.3) is 0 Å². The summed E-state index contributed by atoms with van der Waals surface area (Å²) in [5.74, 6) is 1.60. The van der Waals surface area contributed by atoms with Crippen LogP contribution in [-0.4, -0.2) is 124 Å². The molecule has 0 aromatic carbocycles. The maximum absolute atomic E-state index is 12.0. The van der Waals surface area contributed by atoms with Crippen LogP contribution in [0.4, 0.5) is 0 Å². The fourth-order valence-electron chi connectivity index (χ4n) is 3.54. The summed E-state index contributed by atoms with van der Waals surface area (Å²) in [6, 6.07) is 0. The molecule has 0 bridgehead atoms. The molecule has 1 amide bonds. The number of ether oxygens (including phenoxy) is 1. The van der Waals surface area contributed by atoms with Crippen LogP contribution in [0.2, 0.25) is 0 Å². The highest BCUT2D eigenvalue weighted by Crippen LogP contribution is 2.06. The highest BCUT2D eigenvalue weighted by molar-refractivity contribution is 14.0. The molecule has 0 spiro atoms. The van der Waals surface area contributed by atoms with Crippen molar-refractivity contribution < 1.29 is 9.53 Å². The van der Waals surface area contributed by atoms with E-state index in [1.54, 1.807) is 19.0 Å². The van der Waals surface area contributed by atoms with Crippen molar-refractivity contribution in [2.45, 2.75) is 20.3 Å². The van der Waals surface area contributed by atoms with Crippen molar-refractivity contribution in [1.29, 1.82) is 0 Å². The number of likely N-dealkylation sites (N-methyl/N-ethyl adjacent to an activating group) is 1. The van der Waals surface area contributed by atoms with Gasteiger partial charge in [0.1, 0.15) is 6.54 Å². The molecule has 2 rings (SSSR count). The minimum atomic E-state index is 0. The maximum atomic E-state index is 12.0. The van der Waals surface area contributed by atoms with Gasteiger partial charge >= 0.3 is 0 Å². The number of nitrogens with zero attached hydrogens (tertiary/aromatic N) is 5. The molecule has 0 saturated carbocycles. The number of piperazine rings is 1. The number of halogens is 1. The standard InChI is InChI=1S/C20H40N6O2.HI/c1-18(2)17-25-8-10-26(11-9-25)20(22-16-19(27)23(3)4)21-6-5-7-24-12-14-28-15-13-24;/h18H,5-17H2,1-4H3,(H,21,22);1H. The van der Waals surface area contributed by atoms with Gasteiger partial charge in [0.05, 0.1) is 13.2 Å². The van der Waals surface area contributed by atoms with E-state index in [0.717, 1.165) is 84.5 Å². The Morgan fingerprint density at radius 2 is 1.72 bits per heavy atom. The number of morpholine rings is 1. The summed E-state index contributed by atoms with van der Waals surface area (Å²) >= 11 is 0. The van der Waals surface area contributed by atoms with Gasteiger partial charge in [0.15, 0.2) is 5.96 Å². The molecule has 2 aliphatic rings. The molecule has 29 heavy (non-hydrogen) atoms. The summed E-state index contributed by atoms with van der Waals surface area (Å²) in [6.07, 6.45) is 1.06. The predicted molar refractivity (Wildman–Crippen MR) is 129 cm³/mol. The van der Waals surface area contributed by atoms with E-state index >= 15 is 0 Å². The fourth-order valence-corrected chi connectivity index (χ4v) is 3.54. The van der Waals surface area contributed by atoms with Crippen LogP contribution in [0.3, 0.4) is 0 Å². The Balaban J connectivity index is 0.00000420. The van der Waals surface area contributed by atoms with Gasteiger partial charge in [-0.3, -0.25) is 14.6 Å². The van der Waals surface area contributed by atoms with E-state index in [2.05, 4.69) is 38.9 Å². The Morgan fingerprint density at radius 1 is 1.07 bits per heavy atom. The minimum absolute atomic E-state index is 0. The molecule has 2 saturated heterocycles. The average Bonchev–Trinajstić information content (AvgIpc) is 2.68. The number of carbonyl (C=O) groups is 1. The zero-order valence-electron chi connectivity index (χ0n) is 18.7. The normalized spacial score (nSPS) is 19.2. The van der Waals surface area contributed by atoms with E-state index in [4.69, 9.17) is 4.74 Å². The Labute approximate surface area is 194 Å². The lowest BCUT2D eigenvalue weighted by molar-refractivity contribution is -0.127. The Morgan fingerprint density at radius 3 is 2.31 bits per heavy atom. The van der Waals surface area contributed by atoms with Crippen LogP contribution < -0.4 is 5.32 Å². The Kier molecular flexibility index (Phi) is 13.1. The molecule has 8 nitrogen and oxygen atoms in total. The first-order chi connectivity index (χ1) is 13.5. The molecule has 0 aliphatic carbocycles. The van der Waals surface area contributed by atoms with Gasteiger partial charge in [-0.2, -0.15) is 0 Å². The number of aliphatic imine (C=N–C) groups is 1. The van der Waals surface area contributed by atoms with E-state index in [-0.39, 0.29) is 36.4 Å². The molecule has 2 heterocycles. The van der Waals surface area contributed by atoms with E-state index in [1.807, 2.05) is 0 Å². The number of guanidine groups is 1. The van der Waals surface area contributed by atoms with E-state index in [9.17, 15) is 4.79 Å². The molecule has 0 unspecified atom stereocenters. The zero-order valence-corrected chi connectivity index (χ0v) is 21.1. The van der Waals surface area contributed by atoms with Gasteiger partial charge in [-0.25, -0.2) is 4.99 Å². The second-order valence-corrected chi connectivity index (χ2v) is 8.34.